The Labute approximate surface area is 130 Å². The van der Waals surface area contributed by atoms with Crippen LogP contribution in [0.15, 0.2) is 48.7 Å². The molecule has 2 N–H and O–H groups in total. The van der Waals surface area contributed by atoms with E-state index in [-0.39, 0.29) is 5.91 Å². The molecule has 1 aromatic heterocycles. The van der Waals surface area contributed by atoms with E-state index in [2.05, 4.69) is 22.0 Å². The van der Waals surface area contributed by atoms with Crippen LogP contribution < -0.4 is 10.6 Å². The third-order valence-corrected chi connectivity index (χ3v) is 3.90. The first kappa shape index (κ1) is 14.4. The fourth-order valence-electron chi connectivity index (χ4n) is 2.65. The molecule has 1 amide bonds. The summed E-state index contributed by atoms with van der Waals surface area (Å²) < 4.78 is 0. The van der Waals surface area contributed by atoms with E-state index in [4.69, 9.17) is 5.73 Å². The fourth-order valence-corrected chi connectivity index (χ4v) is 2.65. The van der Waals surface area contributed by atoms with Gasteiger partial charge in [-0.2, -0.15) is 0 Å². The SMILES string of the molecule is Nc1ccc(N2CCC(=O)N(Cc3ccccc3)CC2)nc1. The van der Waals surface area contributed by atoms with Crippen molar-refractivity contribution in [3.8, 4) is 0 Å². The fraction of sp³-hybridized carbons (Fsp3) is 0.294. The number of hydrogen-bond acceptors (Lipinski definition) is 4. The number of amides is 1. The first-order valence-electron chi connectivity index (χ1n) is 7.50. The molecule has 0 saturated carbocycles. The lowest BCUT2D eigenvalue weighted by atomic mass is 10.2. The van der Waals surface area contributed by atoms with Crippen LogP contribution in [0.4, 0.5) is 11.5 Å². The van der Waals surface area contributed by atoms with Gasteiger partial charge in [-0.05, 0) is 17.7 Å². The number of carbonyl (C=O) groups is 1. The summed E-state index contributed by atoms with van der Waals surface area (Å²) in [6.07, 6.45) is 2.17. The Morgan fingerprint density at radius 3 is 2.59 bits per heavy atom. The van der Waals surface area contributed by atoms with Crippen molar-refractivity contribution in [1.82, 2.24) is 9.88 Å². The highest BCUT2D eigenvalue weighted by molar-refractivity contribution is 5.77. The Bertz CT molecular complexity index is 627. The number of nitrogen functional groups attached to an aromatic ring is 1. The van der Waals surface area contributed by atoms with Crippen molar-refractivity contribution in [2.24, 2.45) is 0 Å². The summed E-state index contributed by atoms with van der Waals surface area (Å²) in [6.45, 7) is 2.86. The molecule has 1 saturated heterocycles. The van der Waals surface area contributed by atoms with Crippen LogP contribution in [0.3, 0.4) is 0 Å². The van der Waals surface area contributed by atoms with Crippen LogP contribution in [0.5, 0.6) is 0 Å². The molecule has 1 fully saturated rings. The van der Waals surface area contributed by atoms with Crippen LogP contribution in [0.2, 0.25) is 0 Å². The van der Waals surface area contributed by atoms with E-state index < -0.39 is 0 Å². The molecule has 1 aliphatic rings. The minimum Gasteiger partial charge on any atom is -0.397 e. The van der Waals surface area contributed by atoms with Gasteiger partial charge in [-0.3, -0.25) is 4.79 Å². The number of rotatable bonds is 3. The van der Waals surface area contributed by atoms with Gasteiger partial charge in [0.05, 0.1) is 11.9 Å². The van der Waals surface area contributed by atoms with Crippen LogP contribution >= 0.6 is 0 Å². The number of pyridine rings is 1. The van der Waals surface area contributed by atoms with Crippen LogP contribution in [-0.2, 0) is 11.3 Å². The third-order valence-electron chi connectivity index (χ3n) is 3.90. The zero-order valence-electron chi connectivity index (χ0n) is 12.5. The van der Waals surface area contributed by atoms with E-state index in [1.54, 1.807) is 6.20 Å². The van der Waals surface area contributed by atoms with Crippen LogP contribution in [0.1, 0.15) is 12.0 Å². The van der Waals surface area contributed by atoms with E-state index in [1.165, 1.54) is 0 Å². The quantitative estimate of drug-likeness (QED) is 0.939. The van der Waals surface area contributed by atoms with Gasteiger partial charge in [-0.15, -0.1) is 0 Å². The number of hydrogen-bond donors (Lipinski definition) is 1. The highest BCUT2D eigenvalue weighted by atomic mass is 16.2. The molecular weight excluding hydrogens is 276 g/mol. The summed E-state index contributed by atoms with van der Waals surface area (Å²) in [5.74, 6) is 1.07. The average molecular weight is 296 g/mol. The highest BCUT2D eigenvalue weighted by Crippen LogP contribution is 2.16. The molecule has 2 aromatic rings. The Morgan fingerprint density at radius 2 is 1.86 bits per heavy atom. The number of nitrogens with two attached hydrogens (primary N) is 1. The van der Waals surface area contributed by atoms with Gasteiger partial charge < -0.3 is 15.5 Å². The molecule has 0 bridgehead atoms. The second-order valence-electron chi connectivity index (χ2n) is 5.49. The minimum atomic E-state index is 0.196. The smallest absolute Gasteiger partial charge is 0.224 e. The molecule has 0 spiro atoms. The second kappa shape index (κ2) is 6.47. The number of benzene rings is 1. The molecule has 1 aromatic carbocycles. The average Bonchev–Trinajstić information content (AvgIpc) is 2.72. The summed E-state index contributed by atoms with van der Waals surface area (Å²) in [4.78, 5) is 20.7. The van der Waals surface area contributed by atoms with E-state index in [9.17, 15) is 4.79 Å². The molecule has 0 aliphatic carbocycles. The molecule has 5 nitrogen and oxygen atoms in total. The van der Waals surface area contributed by atoms with E-state index in [0.717, 1.165) is 17.9 Å². The largest absolute Gasteiger partial charge is 0.397 e. The molecule has 5 heteroatoms. The van der Waals surface area contributed by atoms with Crippen molar-refractivity contribution in [2.45, 2.75) is 13.0 Å². The molecular formula is C17H20N4O. The normalized spacial score (nSPS) is 15.7. The first-order chi connectivity index (χ1) is 10.7. The van der Waals surface area contributed by atoms with Crippen molar-refractivity contribution in [3.63, 3.8) is 0 Å². The predicted octanol–water partition coefficient (Wildman–Crippen LogP) is 1.90. The van der Waals surface area contributed by atoms with Gasteiger partial charge in [0.1, 0.15) is 5.82 Å². The molecule has 0 atom stereocenters. The Hall–Kier alpha value is -2.56. The maximum absolute atomic E-state index is 12.3. The maximum atomic E-state index is 12.3. The van der Waals surface area contributed by atoms with Crippen LogP contribution in [0.25, 0.3) is 0 Å². The summed E-state index contributed by atoms with van der Waals surface area (Å²) in [7, 11) is 0. The van der Waals surface area contributed by atoms with E-state index in [0.29, 0.717) is 31.7 Å². The molecule has 22 heavy (non-hydrogen) atoms. The summed E-state index contributed by atoms with van der Waals surface area (Å²) in [5.41, 5.74) is 7.49. The maximum Gasteiger partial charge on any atom is 0.224 e. The van der Waals surface area contributed by atoms with E-state index in [1.807, 2.05) is 35.2 Å². The van der Waals surface area contributed by atoms with Crippen molar-refractivity contribution >= 4 is 17.4 Å². The molecule has 2 heterocycles. The van der Waals surface area contributed by atoms with Gasteiger partial charge in [0, 0.05) is 32.6 Å². The Balaban J connectivity index is 1.67. The van der Waals surface area contributed by atoms with Crippen molar-refractivity contribution in [3.05, 3.63) is 54.2 Å². The van der Waals surface area contributed by atoms with Gasteiger partial charge in [0.2, 0.25) is 5.91 Å². The van der Waals surface area contributed by atoms with Gasteiger partial charge in [0.15, 0.2) is 0 Å². The lowest BCUT2D eigenvalue weighted by Gasteiger charge is -2.23. The molecule has 3 rings (SSSR count). The monoisotopic (exact) mass is 296 g/mol. The van der Waals surface area contributed by atoms with Crippen molar-refractivity contribution in [1.29, 1.82) is 0 Å². The lowest BCUT2D eigenvalue weighted by Crippen LogP contribution is -2.33. The zero-order valence-corrected chi connectivity index (χ0v) is 12.5. The third kappa shape index (κ3) is 3.36. The first-order valence-corrected chi connectivity index (χ1v) is 7.50. The summed E-state index contributed by atoms with van der Waals surface area (Å²) in [5, 5.41) is 0. The van der Waals surface area contributed by atoms with Gasteiger partial charge >= 0.3 is 0 Å². The Morgan fingerprint density at radius 1 is 1.05 bits per heavy atom. The molecule has 1 aliphatic heterocycles. The lowest BCUT2D eigenvalue weighted by molar-refractivity contribution is -0.130. The molecule has 114 valence electrons. The van der Waals surface area contributed by atoms with Gasteiger partial charge in [0.25, 0.3) is 0 Å². The number of nitrogens with zero attached hydrogens (tertiary/aromatic N) is 3. The van der Waals surface area contributed by atoms with Crippen LogP contribution in [-0.4, -0.2) is 35.4 Å². The van der Waals surface area contributed by atoms with Crippen molar-refractivity contribution < 1.29 is 4.79 Å². The van der Waals surface area contributed by atoms with Crippen molar-refractivity contribution in [2.75, 3.05) is 30.3 Å². The Kier molecular flexibility index (Phi) is 4.23. The summed E-state index contributed by atoms with van der Waals surface area (Å²) in [6, 6.07) is 13.9. The topological polar surface area (TPSA) is 62.5 Å². The minimum absolute atomic E-state index is 0.196. The molecule has 0 radical (unpaired) electrons. The number of carbonyl (C=O) groups excluding carboxylic acids is 1. The standard InChI is InChI=1S/C17H20N4O/c18-15-6-7-16(19-12-15)20-9-8-17(22)21(11-10-20)13-14-4-2-1-3-5-14/h1-7,12H,8-11,13,18H2. The van der Waals surface area contributed by atoms with Gasteiger partial charge in [-0.1, -0.05) is 30.3 Å². The molecule has 0 unspecified atom stereocenters. The summed E-state index contributed by atoms with van der Waals surface area (Å²) >= 11 is 0. The predicted molar refractivity (Wildman–Crippen MR) is 87.3 cm³/mol. The highest BCUT2D eigenvalue weighted by Gasteiger charge is 2.21. The number of aromatic nitrogens is 1. The second-order valence-corrected chi connectivity index (χ2v) is 5.49. The van der Waals surface area contributed by atoms with Gasteiger partial charge in [-0.25, -0.2) is 4.98 Å². The van der Waals surface area contributed by atoms with E-state index >= 15 is 0 Å². The zero-order chi connectivity index (χ0) is 15.4. The van der Waals surface area contributed by atoms with Crippen LogP contribution in [0, 0.1) is 0 Å². The number of anilines is 2.